The van der Waals surface area contributed by atoms with Crippen LogP contribution in [-0.2, 0) is 14.8 Å². The third-order valence-corrected chi connectivity index (χ3v) is 6.75. The van der Waals surface area contributed by atoms with Crippen molar-refractivity contribution < 1.29 is 22.7 Å². The predicted octanol–water partition coefficient (Wildman–Crippen LogP) is 3.68. The molecule has 186 valence electrons. The van der Waals surface area contributed by atoms with Crippen molar-refractivity contribution in [3.63, 3.8) is 0 Å². The van der Waals surface area contributed by atoms with Gasteiger partial charge in [-0.2, -0.15) is 5.10 Å². The fourth-order valence-corrected chi connectivity index (χ4v) is 4.71. The number of amides is 1. The van der Waals surface area contributed by atoms with Crippen molar-refractivity contribution in [2.75, 3.05) is 31.3 Å². The summed E-state index contributed by atoms with van der Waals surface area (Å²) in [5.41, 5.74) is 6.04. The zero-order chi connectivity index (χ0) is 25.8. The highest BCUT2D eigenvalue weighted by atomic mass is 35.5. The molecule has 1 N–H and O–H groups in total. The number of nitrogens with one attached hydrogen (secondary N) is 1. The molecular weight excluding hydrogens is 492 g/mol. The Morgan fingerprint density at radius 1 is 1.14 bits per heavy atom. The van der Waals surface area contributed by atoms with Gasteiger partial charge in [-0.25, -0.2) is 13.8 Å². The SMILES string of the molecule is COc1ccc(N(CC(=O)N/N=C\c2cc(C)n(-c3ccccc3Cl)c2C)S(C)(=O)=O)c(OC)c1. The van der Waals surface area contributed by atoms with E-state index in [1.807, 2.05) is 48.7 Å². The van der Waals surface area contributed by atoms with E-state index in [1.54, 1.807) is 12.1 Å². The Morgan fingerprint density at radius 2 is 1.86 bits per heavy atom. The zero-order valence-electron chi connectivity index (χ0n) is 20.1. The molecule has 1 aromatic heterocycles. The number of sulfonamides is 1. The van der Waals surface area contributed by atoms with E-state index in [4.69, 9.17) is 21.1 Å². The van der Waals surface area contributed by atoms with Crippen molar-refractivity contribution in [1.29, 1.82) is 0 Å². The molecule has 0 unspecified atom stereocenters. The maximum absolute atomic E-state index is 12.6. The van der Waals surface area contributed by atoms with Gasteiger partial charge in [0.05, 0.1) is 43.1 Å². The van der Waals surface area contributed by atoms with Gasteiger partial charge in [-0.1, -0.05) is 23.7 Å². The molecule has 0 saturated heterocycles. The number of halogens is 1. The van der Waals surface area contributed by atoms with E-state index in [-0.39, 0.29) is 11.4 Å². The average molecular weight is 519 g/mol. The molecule has 1 amide bonds. The highest BCUT2D eigenvalue weighted by Gasteiger charge is 2.24. The molecule has 0 aliphatic rings. The summed E-state index contributed by atoms with van der Waals surface area (Å²) in [6.45, 7) is 3.37. The van der Waals surface area contributed by atoms with Crippen LogP contribution in [0, 0.1) is 13.8 Å². The highest BCUT2D eigenvalue weighted by molar-refractivity contribution is 7.92. The molecule has 0 saturated carbocycles. The van der Waals surface area contributed by atoms with E-state index >= 15 is 0 Å². The van der Waals surface area contributed by atoms with Gasteiger partial charge in [-0.05, 0) is 44.2 Å². The van der Waals surface area contributed by atoms with Gasteiger partial charge < -0.3 is 14.0 Å². The molecule has 0 spiro atoms. The molecule has 0 bridgehead atoms. The van der Waals surface area contributed by atoms with E-state index in [0.29, 0.717) is 10.8 Å². The summed E-state index contributed by atoms with van der Waals surface area (Å²) in [6, 6.07) is 14.0. The summed E-state index contributed by atoms with van der Waals surface area (Å²) in [6.07, 6.45) is 2.52. The minimum Gasteiger partial charge on any atom is -0.497 e. The van der Waals surface area contributed by atoms with Crippen molar-refractivity contribution >= 4 is 39.4 Å². The molecule has 0 aliphatic carbocycles. The Labute approximate surface area is 210 Å². The van der Waals surface area contributed by atoms with Crippen LogP contribution in [0.2, 0.25) is 5.02 Å². The second-order valence-electron chi connectivity index (χ2n) is 7.71. The van der Waals surface area contributed by atoms with Crippen LogP contribution in [0.15, 0.2) is 53.6 Å². The summed E-state index contributed by atoms with van der Waals surface area (Å²) < 4.78 is 38.3. The number of aromatic nitrogens is 1. The van der Waals surface area contributed by atoms with E-state index in [1.165, 1.54) is 26.5 Å². The summed E-state index contributed by atoms with van der Waals surface area (Å²) in [5, 5.41) is 4.64. The predicted molar refractivity (Wildman–Crippen MR) is 138 cm³/mol. The number of anilines is 1. The Kier molecular flexibility index (Phi) is 8.08. The number of hydrogen-bond acceptors (Lipinski definition) is 6. The first-order valence-corrected chi connectivity index (χ1v) is 12.7. The lowest BCUT2D eigenvalue weighted by Crippen LogP contribution is -2.39. The number of carbonyl (C=O) groups is 1. The number of nitrogens with zero attached hydrogens (tertiary/aromatic N) is 3. The Balaban J connectivity index is 1.79. The maximum atomic E-state index is 12.6. The van der Waals surface area contributed by atoms with Gasteiger partial charge in [0.15, 0.2) is 0 Å². The number of hydrazone groups is 1. The first-order chi connectivity index (χ1) is 16.6. The summed E-state index contributed by atoms with van der Waals surface area (Å²) in [7, 11) is -0.911. The first-order valence-electron chi connectivity index (χ1n) is 10.5. The number of aryl methyl sites for hydroxylation is 1. The maximum Gasteiger partial charge on any atom is 0.260 e. The molecule has 11 heteroatoms. The normalized spacial score (nSPS) is 11.5. The van der Waals surface area contributed by atoms with E-state index in [0.717, 1.165) is 33.2 Å². The van der Waals surface area contributed by atoms with Gasteiger partial charge in [0, 0.05) is 23.0 Å². The van der Waals surface area contributed by atoms with Crippen LogP contribution in [0.1, 0.15) is 17.0 Å². The minimum absolute atomic E-state index is 0.207. The molecular formula is C24H27ClN4O5S. The van der Waals surface area contributed by atoms with E-state index in [9.17, 15) is 13.2 Å². The summed E-state index contributed by atoms with van der Waals surface area (Å²) in [5.74, 6) is 0.116. The van der Waals surface area contributed by atoms with Crippen LogP contribution < -0.4 is 19.2 Å². The van der Waals surface area contributed by atoms with Crippen molar-refractivity contribution in [3.05, 3.63) is 70.5 Å². The summed E-state index contributed by atoms with van der Waals surface area (Å²) >= 11 is 6.35. The van der Waals surface area contributed by atoms with Crippen LogP contribution in [0.25, 0.3) is 5.69 Å². The number of para-hydroxylation sites is 1. The van der Waals surface area contributed by atoms with Gasteiger partial charge in [0.1, 0.15) is 18.0 Å². The molecule has 0 aliphatic heterocycles. The van der Waals surface area contributed by atoms with Gasteiger partial charge in [-0.3, -0.25) is 9.10 Å². The number of rotatable bonds is 9. The molecule has 0 fully saturated rings. The number of carbonyl (C=O) groups excluding carboxylic acids is 1. The molecule has 3 aromatic rings. The van der Waals surface area contributed by atoms with Gasteiger partial charge in [0.25, 0.3) is 5.91 Å². The standard InChI is InChI=1S/C24H27ClN4O5S/c1-16-12-18(17(2)29(16)21-9-7-6-8-20(21)25)14-26-27-24(30)15-28(35(5,31)32)22-11-10-19(33-3)13-23(22)34-4/h6-14H,15H2,1-5H3,(H,27,30)/b26-14-. The van der Waals surface area contributed by atoms with Crippen LogP contribution in [0.3, 0.4) is 0 Å². The molecule has 1 heterocycles. The fourth-order valence-electron chi connectivity index (χ4n) is 3.63. The topological polar surface area (TPSA) is 102 Å². The number of hydrogen-bond donors (Lipinski definition) is 1. The van der Waals surface area contributed by atoms with Crippen LogP contribution >= 0.6 is 11.6 Å². The van der Waals surface area contributed by atoms with Crippen molar-refractivity contribution in [3.8, 4) is 17.2 Å². The minimum atomic E-state index is -3.80. The zero-order valence-corrected chi connectivity index (χ0v) is 21.6. The van der Waals surface area contributed by atoms with Crippen LogP contribution in [0.4, 0.5) is 5.69 Å². The Morgan fingerprint density at radius 3 is 2.49 bits per heavy atom. The third-order valence-electron chi connectivity index (χ3n) is 5.30. The van der Waals surface area contributed by atoms with Crippen LogP contribution in [-0.4, -0.2) is 52.1 Å². The monoisotopic (exact) mass is 518 g/mol. The highest BCUT2D eigenvalue weighted by Crippen LogP contribution is 2.33. The van der Waals surface area contributed by atoms with Gasteiger partial charge in [0.2, 0.25) is 10.0 Å². The van der Waals surface area contributed by atoms with Crippen molar-refractivity contribution in [1.82, 2.24) is 9.99 Å². The van der Waals surface area contributed by atoms with Crippen molar-refractivity contribution in [2.45, 2.75) is 13.8 Å². The molecule has 0 radical (unpaired) electrons. The second-order valence-corrected chi connectivity index (χ2v) is 10.0. The summed E-state index contributed by atoms with van der Waals surface area (Å²) in [4.78, 5) is 12.6. The first kappa shape index (κ1) is 26.1. The Hall–Kier alpha value is -3.50. The van der Waals surface area contributed by atoms with E-state index < -0.39 is 22.5 Å². The molecule has 3 rings (SSSR count). The lowest BCUT2D eigenvalue weighted by atomic mass is 10.2. The lowest BCUT2D eigenvalue weighted by molar-refractivity contribution is -0.119. The number of ether oxygens (including phenoxy) is 2. The average Bonchev–Trinajstić information content (AvgIpc) is 3.09. The molecule has 9 nitrogen and oxygen atoms in total. The number of methoxy groups -OCH3 is 2. The largest absolute Gasteiger partial charge is 0.497 e. The molecule has 0 atom stereocenters. The van der Waals surface area contributed by atoms with Gasteiger partial charge in [-0.15, -0.1) is 0 Å². The second kappa shape index (κ2) is 10.8. The van der Waals surface area contributed by atoms with Gasteiger partial charge >= 0.3 is 0 Å². The van der Waals surface area contributed by atoms with Crippen LogP contribution in [0.5, 0.6) is 11.5 Å². The quantitative estimate of drug-likeness (QED) is 0.344. The Bertz CT molecular complexity index is 1370. The number of benzene rings is 2. The van der Waals surface area contributed by atoms with E-state index in [2.05, 4.69) is 10.5 Å². The van der Waals surface area contributed by atoms with Crippen molar-refractivity contribution in [2.24, 2.45) is 5.10 Å². The smallest absolute Gasteiger partial charge is 0.260 e. The molecule has 35 heavy (non-hydrogen) atoms. The lowest BCUT2D eigenvalue weighted by Gasteiger charge is -2.23. The fraction of sp³-hybridized carbons (Fsp3) is 0.250. The third kappa shape index (κ3) is 5.95. The molecule has 2 aromatic carbocycles.